The maximum atomic E-state index is 5.19. The van der Waals surface area contributed by atoms with Crippen molar-refractivity contribution in [1.29, 1.82) is 0 Å². The van der Waals surface area contributed by atoms with Gasteiger partial charge in [0.1, 0.15) is 6.54 Å². The van der Waals surface area contributed by atoms with Crippen molar-refractivity contribution >= 4 is 29.9 Å². The van der Waals surface area contributed by atoms with E-state index in [1.165, 1.54) is 25.7 Å². The average Bonchev–Trinajstić information content (AvgIpc) is 2.26. The maximum absolute atomic E-state index is 5.19. The van der Waals surface area contributed by atoms with Crippen LogP contribution in [0.15, 0.2) is 4.99 Å². The third-order valence-electron chi connectivity index (χ3n) is 2.30. The van der Waals surface area contributed by atoms with E-state index in [2.05, 4.69) is 42.3 Å². The monoisotopic (exact) mass is 351 g/mol. The predicted molar refractivity (Wildman–Crippen MR) is 87.0 cm³/mol. The molecule has 4 heteroatoms. The van der Waals surface area contributed by atoms with E-state index in [1.54, 1.807) is 0 Å². The van der Waals surface area contributed by atoms with Crippen LogP contribution in [0.25, 0.3) is 0 Å². The normalized spacial score (nSPS) is 12.2. The van der Waals surface area contributed by atoms with E-state index in [9.17, 15) is 0 Å². The molecule has 0 aliphatic rings. The summed E-state index contributed by atoms with van der Waals surface area (Å²) in [7, 11) is 0. The Morgan fingerprint density at radius 2 is 2.06 bits per heavy atom. The van der Waals surface area contributed by atoms with Gasteiger partial charge >= 0.3 is 0 Å². The minimum absolute atomic E-state index is 0. The third-order valence-corrected chi connectivity index (χ3v) is 2.30. The molecule has 0 amide bonds. The fourth-order valence-corrected chi connectivity index (χ4v) is 1.45. The van der Waals surface area contributed by atoms with Gasteiger partial charge in [-0.3, -0.25) is 0 Å². The van der Waals surface area contributed by atoms with Gasteiger partial charge in [0.15, 0.2) is 5.96 Å². The summed E-state index contributed by atoms with van der Waals surface area (Å²) in [5, 5.41) is 6.54. The van der Waals surface area contributed by atoms with Gasteiger partial charge in [-0.2, -0.15) is 0 Å². The second kappa shape index (κ2) is 13.6. The van der Waals surface area contributed by atoms with Crippen LogP contribution in [0.1, 0.15) is 46.5 Å². The van der Waals surface area contributed by atoms with E-state index >= 15 is 0 Å². The Morgan fingerprint density at radius 3 is 2.59 bits per heavy atom. The molecule has 0 heterocycles. The highest BCUT2D eigenvalue weighted by Gasteiger charge is 2.03. The number of aliphatic imine (C=N–C) groups is 1. The number of terminal acetylenes is 1. The largest absolute Gasteiger partial charge is 0.357 e. The number of rotatable bonds is 7. The van der Waals surface area contributed by atoms with Crippen molar-refractivity contribution in [1.82, 2.24) is 10.6 Å². The van der Waals surface area contributed by atoms with Crippen LogP contribution >= 0.6 is 24.0 Å². The molecule has 0 saturated carbocycles. The molecule has 0 rings (SSSR count). The molecule has 0 aliphatic heterocycles. The number of hydrogen-bond acceptors (Lipinski definition) is 1. The Bertz CT molecular complexity index is 233. The predicted octanol–water partition coefficient (Wildman–Crippen LogP) is 2.76. The molecule has 0 aromatic carbocycles. The van der Waals surface area contributed by atoms with Crippen LogP contribution in [0.4, 0.5) is 0 Å². The molecular weight excluding hydrogens is 325 g/mol. The summed E-state index contributed by atoms with van der Waals surface area (Å²) < 4.78 is 0. The quantitative estimate of drug-likeness (QED) is 0.243. The summed E-state index contributed by atoms with van der Waals surface area (Å²) in [5.41, 5.74) is 0. The SMILES string of the molecule is C#CCN=C(NCC)NC(C)CCCCC.I. The van der Waals surface area contributed by atoms with Gasteiger partial charge in [0.05, 0.1) is 0 Å². The highest BCUT2D eigenvalue weighted by atomic mass is 127. The first-order valence-electron chi connectivity index (χ1n) is 6.22. The standard InChI is InChI=1S/C13H25N3.HI/c1-5-8-9-10-12(4)16-13(14-7-3)15-11-6-2;/h2,12H,5,7-11H2,1,3-4H3,(H2,14,15,16);1H. The van der Waals surface area contributed by atoms with Gasteiger partial charge in [-0.1, -0.05) is 32.1 Å². The lowest BCUT2D eigenvalue weighted by Crippen LogP contribution is -2.42. The summed E-state index contributed by atoms with van der Waals surface area (Å²) >= 11 is 0. The minimum atomic E-state index is 0. The number of hydrogen-bond donors (Lipinski definition) is 2. The van der Waals surface area contributed by atoms with Crippen LogP contribution < -0.4 is 10.6 Å². The van der Waals surface area contributed by atoms with E-state index in [-0.39, 0.29) is 24.0 Å². The molecule has 1 atom stereocenters. The molecule has 100 valence electrons. The molecule has 0 fully saturated rings. The summed E-state index contributed by atoms with van der Waals surface area (Å²) in [5.74, 6) is 3.34. The summed E-state index contributed by atoms with van der Waals surface area (Å²) in [4.78, 5) is 4.26. The molecule has 0 aliphatic carbocycles. The second-order valence-corrected chi connectivity index (χ2v) is 3.94. The summed E-state index contributed by atoms with van der Waals surface area (Å²) in [6.45, 7) is 7.73. The minimum Gasteiger partial charge on any atom is -0.357 e. The van der Waals surface area contributed by atoms with Crippen LogP contribution in [0.5, 0.6) is 0 Å². The van der Waals surface area contributed by atoms with E-state index < -0.39 is 0 Å². The molecule has 0 bridgehead atoms. The van der Waals surface area contributed by atoms with Gasteiger partial charge in [0, 0.05) is 12.6 Å². The maximum Gasteiger partial charge on any atom is 0.192 e. The number of nitrogens with one attached hydrogen (secondary N) is 2. The van der Waals surface area contributed by atoms with Crippen LogP contribution in [-0.4, -0.2) is 25.1 Å². The Kier molecular flexibility index (Phi) is 15.2. The highest BCUT2D eigenvalue weighted by molar-refractivity contribution is 14.0. The van der Waals surface area contributed by atoms with Gasteiger partial charge in [-0.25, -0.2) is 4.99 Å². The molecule has 2 N–H and O–H groups in total. The van der Waals surface area contributed by atoms with Gasteiger partial charge in [0.2, 0.25) is 0 Å². The molecule has 0 aromatic heterocycles. The molecule has 0 radical (unpaired) electrons. The van der Waals surface area contributed by atoms with Gasteiger partial charge in [0.25, 0.3) is 0 Å². The Morgan fingerprint density at radius 1 is 1.35 bits per heavy atom. The zero-order chi connectivity index (χ0) is 12.2. The summed E-state index contributed by atoms with van der Waals surface area (Å²) in [6, 6.07) is 0.446. The highest BCUT2D eigenvalue weighted by Crippen LogP contribution is 2.02. The van der Waals surface area contributed by atoms with E-state index in [1.807, 2.05) is 0 Å². The van der Waals surface area contributed by atoms with Gasteiger partial charge in [-0.05, 0) is 20.3 Å². The first-order valence-corrected chi connectivity index (χ1v) is 6.22. The molecule has 17 heavy (non-hydrogen) atoms. The number of halogens is 1. The molecule has 0 saturated heterocycles. The van der Waals surface area contributed by atoms with E-state index in [0.29, 0.717) is 12.6 Å². The Balaban J connectivity index is 0. The first-order chi connectivity index (χ1) is 7.74. The van der Waals surface area contributed by atoms with E-state index in [4.69, 9.17) is 6.42 Å². The van der Waals surface area contributed by atoms with Gasteiger partial charge in [-0.15, -0.1) is 30.4 Å². The van der Waals surface area contributed by atoms with Crippen molar-refractivity contribution in [3.8, 4) is 12.3 Å². The van der Waals surface area contributed by atoms with Crippen LogP contribution in [-0.2, 0) is 0 Å². The van der Waals surface area contributed by atoms with Gasteiger partial charge < -0.3 is 10.6 Å². The molecule has 1 unspecified atom stereocenters. The second-order valence-electron chi connectivity index (χ2n) is 3.94. The van der Waals surface area contributed by atoms with Crippen molar-refractivity contribution < 1.29 is 0 Å². The smallest absolute Gasteiger partial charge is 0.192 e. The molecular formula is C13H26IN3. The molecule has 3 nitrogen and oxygen atoms in total. The zero-order valence-electron chi connectivity index (χ0n) is 11.3. The third kappa shape index (κ3) is 11.8. The van der Waals surface area contributed by atoms with Crippen molar-refractivity contribution in [2.45, 2.75) is 52.5 Å². The Hall–Kier alpha value is -0.440. The van der Waals surface area contributed by atoms with Crippen LogP contribution in [0, 0.1) is 12.3 Å². The fraction of sp³-hybridized carbons (Fsp3) is 0.769. The van der Waals surface area contributed by atoms with Crippen molar-refractivity contribution in [2.24, 2.45) is 4.99 Å². The zero-order valence-corrected chi connectivity index (χ0v) is 13.6. The average molecular weight is 351 g/mol. The van der Waals surface area contributed by atoms with Crippen molar-refractivity contribution in [3.05, 3.63) is 0 Å². The number of unbranched alkanes of at least 4 members (excludes halogenated alkanes) is 2. The number of guanidine groups is 1. The topological polar surface area (TPSA) is 36.4 Å². The van der Waals surface area contributed by atoms with E-state index in [0.717, 1.165) is 12.5 Å². The summed E-state index contributed by atoms with van der Waals surface area (Å²) in [6.07, 6.45) is 10.2. The lowest BCUT2D eigenvalue weighted by atomic mass is 10.1. The fourth-order valence-electron chi connectivity index (χ4n) is 1.45. The molecule has 0 aromatic rings. The van der Waals surface area contributed by atoms with Crippen molar-refractivity contribution in [3.63, 3.8) is 0 Å². The van der Waals surface area contributed by atoms with Crippen molar-refractivity contribution in [2.75, 3.05) is 13.1 Å². The first kappa shape index (κ1) is 18.9. The Labute approximate surface area is 123 Å². The lowest BCUT2D eigenvalue weighted by Gasteiger charge is -2.17. The lowest BCUT2D eigenvalue weighted by molar-refractivity contribution is 0.547. The number of nitrogens with zero attached hydrogens (tertiary/aromatic N) is 1. The van der Waals surface area contributed by atoms with Crippen LogP contribution in [0.2, 0.25) is 0 Å². The molecule has 0 spiro atoms. The van der Waals surface area contributed by atoms with Crippen LogP contribution in [0.3, 0.4) is 0 Å².